The van der Waals surface area contributed by atoms with Gasteiger partial charge < -0.3 is 14.5 Å². The lowest BCUT2D eigenvalue weighted by atomic mass is 10.0. The van der Waals surface area contributed by atoms with Crippen LogP contribution < -0.4 is 4.90 Å². The minimum atomic E-state index is 0.0681. The monoisotopic (exact) mass is 369 g/mol. The van der Waals surface area contributed by atoms with Crippen LogP contribution in [0.3, 0.4) is 0 Å². The van der Waals surface area contributed by atoms with Crippen LogP contribution in [-0.2, 0) is 22.5 Å². The number of pyridine rings is 1. The molecule has 0 spiro atoms. The Morgan fingerprint density at radius 2 is 2.19 bits per heavy atom. The first kappa shape index (κ1) is 19.2. The van der Waals surface area contributed by atoms with E-state index in [1.807, 2.05) is 37.1 Å². The van der Waals surface area contributed by atoms with E-state index in [4.69, 9.17) is 14.7 Å². The third-order valence-electron chi connectivity index (χ3n) is 4.73. The zero-order valence-electron chi connectivity index (χ0n) is 16.5. The standard InChI is InChI=1S/C20H27N5O2/c1-5-27-14(2)12-24(4)20-16-9-11-25(15(3)26)13-18(16)22-19(23-20)17-8-6-7-10-21-17/h6-8,10,14H,5,9,11-13H2,1-4H3. The van der Waals surface area contributed by atoms with E-state index >= 15 is 0 Å². The van der Waals surface area contributed by atoms with Crippen molar-refractivity contribution in [1.29, 1.82) is 0 Å². The number of hydrogen-bond donors (Lipinski definition) is 0. The van der Waals surface area contributed by atoms with Crippen molar-refractivity contribution in [3.8, 4) is 11.5 Å². The lowest BCUT2D eigenvalue weighted by Gasteiger charge is -2.31. The Balaban J connectivity index is 2.00. The van der Waals surface area contributed by atoms with Crippen LogP contribution >= 0.6 is 0 Å². The summed E-state index contributed by atoms with van der Waals surface area (Å²) in [5, 5.41) is 0. The molecule has 1 aliphatic heterocycles. The van der Waals surface area contributed by atoms with Gasteiger partial charge in [0.15, 0.2) is 5.82 Å². The highest BCUT2D eigenvalue weighted by Crippen LogP contribution is 2.28. The van der Waals surface area contributed by atoms with E-state index in [-0.39, 0.29) is 12.0 Å². The highest BCUT2D eigenvalue weighted by Gasteiger charge is 2.26. The second-order valence-electron chi connectivity index (χ2n) is 6.85. The number of hydrogen-bond acceptors (Lipinski definition) is 6. The van der Waals surface area contributed by atoms with Crippen LogP contribution in [0.1, 0.15) is 32.0 Å². The largest absolute Gasteiger partial charge is 0.377 e. The van der Waals surface area contributed by atoms with E-state index in [1.54, 1.807) is 13.1 Å². The number of carbonyl (C=O) groups is 1. The molecule has 3 heterocycles. The summed E-state index contributed by atoms with van der Waals surface area (Å²) in [6, 6.07) is 5.70. The number of rotatable bonds is 6. The van der Waals surface area contributed by atoms with Crippen LogP contribution in [0.4, 0.5) is 5.82 Å². The van der Waals surface area contributed by atoms with Crippen molar-refractivity contribution in [2.45, 2.75) is 39.8 Å². The molecule has 1 aliphatic rings. The molecular formula is C20H27N5O2. The molecular weight excluding hydrogens is 342 g/mol. The number of carbonyl (C=O) groups excluding carboxylic acids is 1. The van der Waals surface area contributed by atoms with Crippen molar-refractivity contribution in [2.24, 2.45) is 0 Å². The molecule has 0 N–H and O–H groups in total. The predicted octanol–water partition coefficient (Wildman–Crippen LogP) is 2.30. The first-order valence-electron chi connectivity index (χ1n) is 9.39. The first-order chi connectivity index (χ1) is 13.0. The molecule has 0 radical (unpaired) electrons. The summed E-state index contributed by atoms with van der Waals surface area (Å²) in [6.07, 6.45) is 2.59. The van der Waals surface area contributed by atoms with E-state index in [9.17, 15) is 4.79 Å². The fourth-order valence-corrected chi connectivity index (χ4v) is 3.41. The quantitative estimate of drug-likeness (QED) is 0.778. The van der Waals surface area contributed by atoms with Gasteiger partial charge in [0, 0.05) is 45.4 Å². The Bertz CT molecular complexity index is 796. The minimum Gasteiger partial charge on any atom is -0.377 e. The number of ether oxygens (including phenoxy) is 1. The Morgan fingerprint density at radius 3 is 2.85 bits per heavy atom. The summed E-state index contributed by atoms with van der Waals surface area (Å²) in [6.45, 7) is 8.27. The molecule has 7 nitrogen and oxygen atoms in total. The molecule has 2 aromatic heterocycles. The van der Waals surface area contributed by atoms with Crippen molar-refractivity contribution >= 4 is 11.7 Å². The highest BCUT2D eigenvalue weighted by atomic mass is 16.5. The second-order valence-corrected chi connectivity index (χ2v) is 6.85. The summed E-state index contributed by atoms with van der Waals surface area (Å²) in [4.78, 5) is 29.8. The van der Waals surface area contributed by atoms with Gasteiger partial charge in [0.1, 0.15) is 11.5 Å². The molecule has 1 atom stereocenters. The normalized spacial score (nSPS) is 14.6. The van der Waals surface area contributed by atoms with Gasteiger partial charge in [0.05, 0.1) is 18.3 Å². The SMILES string of the molecule is CCOC(C)CN(C)c1nc(-c2ccccn2)nc2c1CCN(C(C)=O)C2. The molecule has 1 amide bonds. The van der Waals surface area contributed by atoms with E-state index in [2.05, 4.69) is 16.8 Å². The van der Waals surface area contributed by atoms with Crippen molar-refractivity contribution in [3.63, 3.8) is 0 Å². The maximum atomic E-state index is 11.8. The average molecular weight is 369 g/mol. The third-order valence-corrected chi connectivity index (χ3v) is 4.73. The molecule has 3 rings (SSSR count). The Labute approximate surface area is 160 Å². The van der Waals surface area contributed by atoms with Crippen LogP contribution in [0, 0.1) is 0 Å². The summed E-state index contributed by atoms with van der Waals surface area (Å²) in [5.41, 5.74) is 2.74. The van der Waals surface area contributed by atoms with Crippen LogP contribution in [0.2, 0.25) is 0 Å². The van der Waals surface area contributed by atoms with Crippen LogP contribution in [0.5, 0.6) is 0 Å². The average Bonchev–Trinajstić information content (AvgIpc) is 2.67. The predicted molar refractivity (Wildman–Crippen MR) is 104 cm³/mol. The lowest BCUT2D eigenvalue weighted by molar-refractivity contribution is -0.129. The Morgan fingerprint density at radius 1 is 1.37 bits per heavy atom. The lowest BCUT2D eigenvalue weighted by Crippen LogP contribution is -2.37. The van der Waals surface area contributed by atoms with E-state index < -0.39 is 0 Å². The highest BCUT2D eigenvalue weighted by molar-refractivity contribution is 5.74. The summed E-state index contributed by atoms with van der Waals surface area (Å²) in [7, 11) is 2.03. The number of likely N-dealkylation sites (N-methyl/N-ethyl adjacent to an activating group) is 1. The summed E-state index contributed by atoms with van der Waals surface area (Å²) >= 11 is 0. The van der Waals surface area contributed by atoms with Crippen molar-refractivity contribution in [2.75, 3.05) is 31.6 Å². The van der Waals surface area contributed by atoms with Gasteiger partial charge in [-0.2, -0.15) is 0 Å². The zero-order chi connectivity index (χ0) is 19.4. The van der Waals surface area contributed by atoms with Crippen LogP contribution in [0.25, 0.3) is 11.5 Å². The number of amides is 1. The minimum absolute atomic E-state index is 0.0681. The topological polar surface area (TPSA) is 71.5 Å². The molecule has 0 aromatic carbocycles. The van der Waals surface area contributed by atoms with Crippen molar-refractivity contribution in [1.82, 2.24) is 19.9 Å². The van der Waals surface area contributed by atoms with Gasteiger partial charge in [-0.05, 0) is 32.4 Å². The first-order valence-corrected chi connectivity index (χ1v) is 9.39. The van der Waals surface area contributed by atoms with Gasteiger partial charge in [0.2, 0.25) is 5.91 Å². The maximum Gasteiger partial charge on any atom is 0.219 e. The molecule has 0 bridgehead atoms. The molecule has 7 heteroatoms. The molecule has 2 aromatic rings. The summed E-state index contributed by atoms with van der Waals surface area (Å²) in [5.74, 6) is 1.56. The number of aromatic nitrogens is 3. The van der Waals surface area contributed by atoms with Gasteiger partial charge >= 0.3 is 0 Å². The van der Waals surface area contributed by atoms with Gasteiger partial charge in [-0.3, -0.25) is 9.78 Å². The Hall–Kier alpha value is -2.54. The molecule has 1 unspecified atom stereocenters. The second kappa shape index (κ2) is 8.43. The molecule has 0 saturated carbocycles. The molecule has 0 fully saturated rings. The van der Waals surface area contributed by atoms with Gasteiger partial charge in [-0.1, -0.05) is 6.07 Å². The molecule has 27 heavy (non-hydrogen) atoms. The maximum absolute atomic E-state index is 11.8. The van der Waals surface area contributed by atoms with Crippen molar-refractivity contribution in [3.05, 3.63) is 35.7 Å². The van der Waals surface area contributed by atoms with Crippen LogP contribution in [0.15, 0.2) is 24.4 Å². The van der Waals surface area contributed by atoms with E-state index in [0.29, 0.717) is 25.5 Å². The zero-order valence-corrected chi connectivity index (χ0v) is 16.5. The van der Waals surface area contributed by atoms with Crippen molar-refractivity contribution < 1.29 is 9.53 Å². The molecule has 144 valence electrons. The number of anilines is 1. The van der Waals surface area contributed by atoms with Gasteiger partial charge in [-0.15, -0.1) is 0 Å². The summed E-state index contributed by atoms with van der Waals surface area (Å²) < 4.78 is 5.69. The fraction of sp³-hybridized carbons (Fsp3) is 0.500. The third kappa shape index (κ3) is 4.42. The van der Waals surface area contributed by atoms with Gasteiger partial charge in [0.25, 0.3) is 0 Å². The number of nitrogens with zero attached hydrogens (tertiary/aromatic N) is 5. The van der Waals surface area contributed by atoms with E-state index in [0.717, 1.165) is 35.7 Å². The van der Waals surface area contributed by atoms with E-state index in [1.165, 1.54) is 0 Å². The number of fused-ring (bicyclic) bond motifs is 1. The molecule has 0 saturated heterocycles. The Kier molecular flexibility index (Phi) is 6.01. The van der Waals surface area contributed by atoms with Crippen LogP contribution in [-0.4, -0.2) is 58.6 Å². The smallest absolute Gasteiger partial charge is 0.219 e. The van der Waals surface area contributed by atoms with Gasteiger partial charge in [-0.25, -0.2) is 9.97 Å². The fourth-order valence-electron chi connectivity index (χ4n) is 3.41. The molecule has 0 aliphatic carbocycles.